The van der Waals surface area contributed by atoms with Crippen LogP contribution >= 0.6 is 34.5 Å². The zero-order chi connectivity index (χ0) is 28.5. The predicted molar refractivity (Wildman–Crippen MR) is 155 cm³/mol. The standard InChI is InChI=1S/C30H28Cl2FN3O4S/c31-18-2-1-3-19(32)22(18)24-17(23(35-36-24)15-4-5-15)14-40-30-9-6-29(7-10-30,8-11-30)26(37)27-34-25-20(33)12-16(28(38)39)13-21(25)41-27/h1-3,12-13,15,26,37H,4-11,14H2,(H,35,36)(H,38,39). The van der Waals surface area contributed by atoms with Gasteiger partial charge in [0.15, 0.2) is 5.82 Å². The SMILES string of the molecule is O=C(O)c1cc(F)c2nc(C(O)C34CCC(OCc5c(-c6c(Cl)cccc6Cl)n[nH]c5C5CC5)(CC3)CC4)sc2c1. The quantitative estimate of drug-likeness (QED) is 0.185. The molecule has 0 spiro atoms. The Hall–Kier alpha value is -2.56. The molecule has 4 saturated carbocycles. The molecule has 0 aliphatic heterocycles. The molecule has 7 nitrogen and oxygen atoms in total. The number of aliphatic hydroxyl groups excluding tert-OH is 1. The van der Waals surface area contributed by atoms with Crippen molar-refractivity contribution in [1.29, 1.82) is 0 Å². The number of aromatic nitrogens is 3. The van der Waals surface area contributed by atoms with Crippen molar-refractivity contribution in [2.75, 3.05) is 0 Å². The maximum atomic E-state index is 14.6. The van der Waals surface area contributed by atoms with Gasteiger partial charge in [0.1, 0.15) is 22.3 Å². The molecule has 2 aromatic heterocycles. The number of aromatic amines is 1. The lowest BCUT2D eigenvalue weighted by Gasteiger charge is -2.54. The van der Waals surface area contributed by atoms with Crippen LogP contribution in [0, 0.1) is 11.2 Å². The van der Waals surface area contributed by atoms with Crippen molar-refractivity contribution in [3.63, 3.8) is 0 Å². The summed E-state index contributed by atoms with van der Waals surface area (Å²) in [5.41, 5.74) is 2.88. The molecule has 2 bridgehead atoms. The minimum atomic E-state index is -1.20. The number of H-pyrrole nitrogens is 1. The predicted octanol–water partition coefficient (Wildman–Crippen LogP) is 8.05. The Labute approximate surface area is 249 Å². The van der Waals surface area contributed by atoms with Crippen molar-refractivity contribution in [1.82, 2.24) is 15.2 Å². The Bertz CT molecular complexity index is 1640. The van der Waals surface area contributed by atoms with E-state index in [1.165, 1.54) is 17.4 Å². The van der Waals surface area contributed by atoms with E-state index in [4.69, 9.17) is 27.9 Å². The Morgan fingerprint density at radius 3 is 2.46 bits per heavy atom. The second kappa shape index (κ2) is 10.0. The molecule has 2 heterocycles. The van der Waals surface area contributed by atoms with Gasteiger partial charge >= 0.3 is 5.97 Å². The first-order valence-corrected chi connectivity index (χ1v) is 15.4. The van der Waals surface area contributed by atoms with Crippen LogP contribution in [-0.2, 0) is 11.3 Å². The summed E-state index contributed by atoms with van der Waals surface area (Å²) in [4.78, 5) is 15.8. The van der Waals surface area contributed by atoms with Crippen molar-refractivity contribution in [2.45, 2.75) is 75.6 Å². The van der Waals surface area contributed by atoms with Gasteiger partial charge in [-0.2, -0.15) is 5.10 Å². The van der Waals surface area contributed by atoms with Gasteiger partial charge in [-0.05, 0) is 75.6 Å². The zero-order valence-electron chi connectivity index (χ0n) is 22.1. The number of aromatic carboxylic acids is 1. The number of aliphatic hydroxyl groups is 1. The molecule has 4 aliphatic carbocycles. The van der Waals surface area contributed by atoms with E-state index in [1.807, 2.05) is 18.2 Å². The number of fused-ring (bicyclic) bond motifs is 4. The highest BCUT2D eigenvalue weighted by Gasteiger charge is 2.53. The second-order valence-corrected chi connectivity index (χ2v) is 13.6. The highest BCUT2D eigenvalue weighted by atomic mass is 35.5. The molecular formula is C30H28Cl2FN3O4S. The average molecular weight is 617 g/mol. The maximum Gasteiger partial charge on any atom is 0.335 e. The molecule has 41 heavy (non-hydrogen) atoms. The molecule has 1 atom stereocenters. The highest BCUT2D eigenvalue weighted by Crippen LogP contribution is 2.60. The average Bonchev–Trinajstić information content (AvgIpc) is 3.58. The molecule has 0 amide bonds. The molecule has 4 fully saturated rings. The first-order chi connectivity index (χ1) is 19.7. The molecule has 2 aromatic carbocycles. The number of nitrogens with zero attached hydrogens (tertiary/aromatic N) is 2. The first kappa shape index (κ1) is 27.3. The van der Waals surface area contributed by atoms with Gasteiger partial charge in [-0.15, -0.1) is 11.3 Å². The number of halogens is 3. The summed E-state index contributed by atoms with van der Waals surface area (Å²) >= 11 is 14.3. The van der Waals surface area contributed by atoms with Crippen LogP contribution in [0.3, 0.4) is 0 Å². The van der Waals surface area contributed by atoms with Gasteiger partial charge in [0.2, 0.25) is 0 Å². The van der Waals surface area contributed by atoms with Crippen LogP contribution in [0.15, 0.2) is 30.3 Å². The Morgan fingerprint density at radius 1 is 1.15 bits per heavy atom. The van der Waals surface area contributed by atoms with E-state index in [1.54, 1.807) is 0 Å². The van der Waals surface area contributed by atoms with Gasteiger partial charge < -0.3 is 14.9 Å². The lowest BCUT2D eigenvalue weighted by Crippen LogP contribution is -2.49. The van der Waals surface area contributed by atoms with E-state index in [2.05, 4.69) is 15.2 Å². The maximum absolute atomic E-state index is 14.6. The third-order valence-corrected chi connectivity index (χ3v) is 11.1. The normalized spacial score (nSPS) is 24.7. The number of ether oxygens (including phenoxy) is 1. The molecule has 214 valence electrons. The summed E-state index contributed by atoms with van der Waals surface area (Å²) in [6.45, 7) is 0.401. The van der Waals surface area contributed by atoms with E-state index >= 15 is 0 Å². The van der Waals surface area contributed by atoms with Gasteiger partial charge in [0.25, 0.3) is 0 Å². The highest BCUT2D eigenvalue weighted by molar-refractivity contribution is 7.18. The molecule has 0 saturated heterocycles. The summed E-state index contributed by atoms with van der Waals surface area (Å²) in [7, 11) is 0. The van der Waals surface area contributed by atoms with Crippen molar-refractivity contribution >= 4 is 50.7 Å². The van der Waals surface area contributed by atoms with E-state index in [-0.39, 0.29) is 22.1 Å². The summed E-state index contributed by atoms with van der Waals surface area (Å²) in [6, 6.07) is 7.85. The lowest BCUT2D eigenvalue weighted by molar-refractivity contribution is -0.169. The van der Waals surface area contributed by atoms with Crippen LogP contribution in [0.25, 0.3) is 21.5 Å². The van der Waals surface area contributed by atoms with Crippen molar-refractivity contribution in [3.8, 4) is 11.3 Å². The fourth-order valence-corrected chi connectivity index (χ4v) is 8.43. The number of benzene rings is 2. The molecule has 8 rings (SSSR count). The van der Waals surface area contributed by atoms with Gasteiger partial charge in [0, 0.05) is 28.2 Å². The molecule has 4 aromatic rings. The van der Waals surface area contributed by atoms with E-state index in [0.717, 1.165) is 74.4 Å². The lowest BCUT2D eigenvalue weighted by atomic mass is 9.56. The summed E-state index contributed by atoms with van der Waals surface area (Å²) in [6.07, 6.45) is 6.05. The number of carbonyl (C=O) groups is 1. The number of thiazole rings is 1. The van der Waals surface area contributed by atoms with Crippen LogP contribution in [0.5, 0.6) is 0 Å². The van der Waals surface area contributed by atoms with Crippen molar-refractivity contribution in [2.24, 2.45) is 5.41 Å². The van der Waals surface area contributed by atoms with Crippen molar-refractivity contribution in [3.05, 3.63) is 68.0 Å². The van der Waals surface area contributed by atoms with Crippen molar-refractivity contribution < 1.29 is 24.1 Å². The Balaban J connectivity index is 1.10. The van der Waals surface area contributed by atoms with Gasteiger partial charge in [-0.3, -0.25) is 5.10 Å². The fraction of sp³-hybridized carbons (Fsp3) is 0.433. The Kier molecular flexibility index (Phi) is 6.67. The van der Waals surface area contributed by atoms with Crippen LogP contribution in [0.2, 0.25) is 10.0 Å². The molecule has 11 heteroatoms. The van der Waals surface area contributed by atoms with E-state index < -0.39 is 17.9 Å². The smallest absolute Gasteiger partial charge is 0.335 e. The van der Waals surface area contributed by atoms with Crippen LogP contribution in [0.1, 0.15) is 90.0 Å². The van der Waals surface area contributed by atoms with Gasteiger partial charge in [-0.25, -0.2) is 14.2 Å². The molecule has 4 aliphatic rings. The number of rotatable bonds is 8. The second-order valence-electron chi connectivity index (χ2n) is 11.7. The first-order valence-electron chi connectivity index (χ1n) is 13.9. The summed E-state index contributed by atoms with van der Waals surface area (Å²) in [5, 5.41) is 30.2. The molecular weight excluding hydrogens is 588 g/mol. The molecule has 3 N–H and O–H groups in total. The van der Waals surface area contributed by atoms with Crippen LogP contribution < -0.4 is 0 Å². The number of nitrogens with one attached hydrogen (secondary N) is 1. The molecule has 0 radical (unpaired) electrons. The molecule has 1 unspecified atom stereocenters. The fourth-order valence-electron chi connectivity index (χ4n) is 6.71. The summed E-state index contributed by atoms with van der Waals surface area (Å²) in [5.74, 6) is -1.44. The van der Waals surface area contributed by atoms with Crippen LogP contribution in [0.4, 0.5) is 4.39 Å². The number of hydrogen-bond acceptors (Lipinski definition) is 6. The minimum Gasteiger partial charge on any atom is -0.478 e. The third-order valence-electron chi connectivity index (χ3n) is 9.37. The minimum absolute atomic E-state index is 0.107. The van der Waals surface area contributed by atoms with Gasteiger partial charge in [-0.1, -0.05) is 29.3 Å². The van der Waals surface area contributed by atoms with Crippen LogP contribution in [-0.4, -0.2) is 37.0 Å². The van der Waals surface area contributed by atoms with Gasteiger partial charge in [0.05, 0.1) is 32.5 Å². The zero-order valence-corrected chi connectivity index (χ0v) is 24.4. The number of carboxylic acid groups (broad SMARTS) is 1. The topological polar surface area (TPSA) is 108 Å². The number of carboxylic acids is 1. The Morgan fingerprint density at radius 2 is 1.83 bits per heavy atom. The summed E-state index contributed by atoms with van der Waals surface area (Å²) < 4.78 is 21.8. The largest absolute Gasteiger partial charge is 0.478 e. The van der Waals surface area contributed by atoms with E-state index in [9.17, 15) is 19.4 Å². The number of hydrogen-bond donors (Lipinski definition) is 3. The van der Waals surface area contributed by atoms with E-state index in [0.29, 0.717) is 37.8 Å². The monoisotopic (exact) mass is 615 g/mol. The third kappa shape index (κ3) is 4.66.